The standard InChI is InChI=1S/C12H19N/c1-9(2)13-11(4)12-7-5-6-10(3)8-12/h5-9,11,13H,1-4H3. The predicted molar refractivity (Wildman–Crippen MR) is 57.9 cm³/mol. The molecule has 0 saturated heterocycles. The van der Waals surface area contributed by atoms with E-state index in [9.17, 15) is 0 Å². The average Bonchev–Trinajstić information content (AvgIpc) is 2.03. The van der Waals surface area contributed by atoms with E-state index in [1.807, 2.05) is 0 Å². The Labute approximate surface area is 81.2 Å². The number of rotatable bonds is 3. The normalized spacial score (nSPS) is 13.3. The van der Waals surface area contributed by atoms with Crippen LogP contribution in [0.1, 0.15) is 37.9 Å². The van der Waals surface area contributed by atoms with Crippen molar-refractivity contribution in [3.63, 3.8) is 0 Å². The molecule has 0 aliphatic heterocycles. The zero-order valence-corrected chi connectivity index (χ0v) is 8.96. The van der Waals surface area contributed by atoms with E-state index in [0.29, 0.717) is 12.1 Å². The fourth-order valence-corrected chi connectivity index (χ4v) is 1.54. The molecule has 0 aliphatic rings. The van der Waals surface area contributed by atoms with Crippen LogP contribution in [-0.2, 0) is 0 Å². The van der Waals surface area contributed by atoms with Gasteiger partial charge < -0.3 is 5.32 Å². The second-order valence-corrected chi connectivity index (χ2v) is 3.96. The van der Waals surface area contributed by atoms with E-state index >= 15 is 0 Å². The van der Waals surface area contributed by atoms with Gasteiger partial charge in [0.25, 0.3) is 0 Å². The minimum atomic E-state index is 0.444. The lowest BCUT2D eigenvalue weighted by molar-refractivity contribution is 0.506. The van der Waals surface area contributed by atoms with Crippen molar-refractivity contribution in [1.82, 2.24) is 5.32 Å². The Morgan fingerprint density at radius 2 is 1.85 bits per heavy atom. The highest BCUT2D eigenvalue weighted by molar-refractivity contribution is 5.24. The van der Waals surface area contributed by atoms with Gasteiger partial charge in [0, 0.05) is 12.1 Å². The fraction of sp³-hybridized carbons (Fsp3) is 0.500. The molecule has 0 aromatic heterocycles. The molecule has 13 heavy (non-hydrogen) atoms. The first-order valence-corrected chi connectivity index (χ1v) is 4.92. The number of hydrogen-bond donors (Lipinski definition) is 1. The summed E-state index contributed by atoms with van der Waals surface area (Å²) in [5, 5.41) is 3.49. The summed E-state index contributed by atoms with van der Waals surface area (Å²) in [4.78, 5) is 0. The molecule has 1 nitrogen and oxygen atoms in total. The second kappa shape index (κ2) is 4.43. The summed E-state index contributed by atoms with van der Waals surface area (Å²) < 4.78 is 0. The lowest BCUT2D eigenvalue weighted by Gasteiger charge is -2.17. The maximum atomic E-state index is 3.49. The summed E-state index contributed by atoms with van der Waals surface area (Å²) in [5.41, 5.74) is 2.70. The van der Waals surface area contributed by atoms with Crippen LogP contribution < -0.4 is 5.32 Å². The number of hydrogen-bond acceptors (Lipinski definition) is 1. The molecule has 1 rings (SSSR count). The average molecular weight is 177 g/mol. The van der Waals surface area contributed by atoms with E-state index in [1.165, 1.54) is 11.1 Å². The zero-order valence-electron chi connectivity index (χ0n) is 8.96. The van der Waals surface area contributed by atoms with Crippen LogP contribution in [0.4, 0.5) is 0 Å². The Morgan fingerprint density at radius 1 is 1.15 bits per heavy atom. The molecular formula is C12H19N. The zero-order chi connectivity index (χ0) is 9.84. The smallest absolute Gasteiger partial charge is 0.0294 e. The summed E-state index contributed by atoms with van der Waals surface area (Å²) in [6.45, 7) is 8.68. The molecule has 1 heteroatoms. The van der Waals surface area contributed by atoms with Crippen LogP contribution >= 0.6 is 0 Å². The summed E-state index contributed by atoms with van der Waals surface area (Å²) in [5.74, 6) is 0. The molecule has 1 aromatic carbocycles. The van der Waals surface area contributed by atoms with Crippen LogP contribution in [-0.4, -0.2) is 6.04 Å². The third-order valence-corrected chi connectivity index (χ3v) is 2.13. The van der Waals surface area contributed by atoms with Gasteiger partial charge in [0.15, 0.2) is 0 Å². The molecule has 1 atom stereocenters. The van der Waals surface area contributed by atoms with Crippen LogP contribution in [0.15, 0.2) is 24.3 Å². The maximum Gasteiger partial charge on any atom is 0.0294 e. The Morgan fingerprint density at radius 3 is 2.38 bits per heavy atom. The van der Waals surface area contributed by atoms with Crippen molar-refractivity contribution in [2.45, 2.75) is 39.8 Å². The van der Waals surface area contributed by atoms with Gasteiger partial charge in [0.05, 0.1) is 0 Å². The summed E-state index contributed by atoms with van der Waals surface area (Å²) in [6, 6.07) is 9.64. The third kappa shape index (κ3) is 3.19. The second-order valence-electron chi connectivity index (χ2n) is 3.96. The van der Waals surface area contributed by atoms with Crippen molar-refractivity contribution in [3.8, 4) is 0 Å². The predicted octanol–water partition coefficient (Wildman–Crippen LogP) is 3.05. The van der Waals surface area contributed by atoms with Crippen molar-refractivity contribution in [2.75, 3.05) is 0 Å². The number of nitrogens with one attached hydrogen (secondary N) is 1. The molecule has 0 radical (unpaired) electrons. The van der Waals surface area contributed by atoms with Gasteiger partial charge >= 0.3 is 0 Å². The van der Waals surface area contributed by atoms with Gasteiger partial charge in [-0.1, -0.05) is 43.7 Å². The molecular weight excluding hydrogens is 158 g/mol. The van der Waals surface area contributed by atoms with Crippen molar-refractivity contribution >= 4 is 0 Å². The molecule has 0 aliphatic carbocycles. The first-order valence-electron chi connectivity index (χ1n) is 4.92. The molecule has 72 valence electrons. The number of aryl methyl sites for hydroxylation is 1. The molecule has 0 heterocycles. The Bertz CT molecular complexity index is 266. The van der Waals surface area contributed by atoms with Gasteiger partial charge in [-0.05, 0) is 19.4 Å². The van der Waals surface area contributed by atoms with E-state index in [0.717, 1.165) is 0 Å². The fourth-order valence-electron chi connectivity index (χ4n) is 1.54. The van der Waals surface area contributed by atoms with E-state index < -0.39 is 0 Å². The molecule has 0 amide bonds. The van der Waals surface area contributed by atoms with E-state index in [4.69, 9.17) is 0 Å². The highest BCUT2D eigenvalue weighted by Gasteiger charge is 2.05. The molecule has 0 fully saturated rings. The van der Waals surface area contributed by atoms with Gasteiger partial charge in [-0.15, -0.1) is 0 Å². The largest absolute Gasteiger partial charge is 0.308 e. The van der Waals surface area contributed by atoms with Crippen molar-refractivity contribution < 1.29 is 0 Å². The minimum absolute atomic E-state index is 0.444. The SMILES string of the molecule is Cc1cccc(C(C)NC(C)C)c1. The van der Waals surface area contributed by atoms with Crippen molar-refractivity contribution in [1.29, 1.82) is 0 Å². The molecule has 1 N–H and O–H groups in total. The van der Waals surface area contributed by atoms with Crippen molar-refractivity contribution in [3.05, 3.63) is 35.4 Å². The van der Waals surface area contributed by atoms with Crippen molar-refractivity contribution in [2.24, 2.45) is 0 Å². The topological polar surface area (TPSA) is 12.0 Å². The first kappa shape index (κ1) is 10.3. The van der Waals surface area contributed by atoms with Gasteiger partial charge in [0.1, 0.15) is 0 Å². The number of benzene rings is 1. The quantitative estimate of drug-likeness (QED) is 0.748. The first-order chi connectivity index (χ1) is 6.09. The van der Waals surface area contributed by atoms with E-state index in [2.05, 4.69) is 57.3 Å². The highest BCUT2D eigenvalue weighted by atomic mass is 14.9. The van der Waals surface area contributed by atoms with Crippen LogP contribution in [0, 0.1) is 6.92 Å². The Hall–Kier alpha value is -0.820. The molecule has 0 spiro atoms. The summed E-state index contributed by atoms with van der Waals surface area (Å²) in [7, 11) is 0. The van der Waals surface area contributed by atoms with Gasteiger partial charge in [-0.2, -0.15) is 0 Å². The van der Waals surface area contributed by atoms with Gasteiger partial charge in [-0.25, -0.2) is 0 Å². The van der Waals surface area contributed by atoms with Crippen LogP contribution in [0.25, 0.3) is 0 Å². The van der Waals surface area contributed by atoms with E-state index in [-0.39, 0.29) is 0 Å². The maximum absolute atomic E-state index is 3.49. The Kier molecular flexibility index (Phi) is 3.49. The minimum Gasteiger partial charge on any atom is -0.308 e. The summed E-state index contributed by atoms with van der Waals surface area (Å²) >= 11 is 0. The molecule has 1 unspecified atom stereocenters. The molecule has 0 bridgehead atoms. The highest BCUT2D eigenvalue weighted by Crippen LogP contribution is 2.13. The summed E-state index contributed by atoms with van der Waals surface area (Å²) in [6.07, 6.45) is 0. The van der Waals surface area contributed by atoms with Crippen LogP contribution in [0.2, 0.25) is 0 Å². The lowest BCUT2D eigenvalue weighted by atomic mass is 10.1. The Balaban J connectivity index is 2.71. The monoisotopic (exact) mass is 177 g/mol. The van der Waals surface area contributed by atoms with Crippen LogP contribution in [0.3, 0.4) is 0 Å². The lowest BCUT2D eigenvalue weighted by Crippen LogP contribution is -2.25. The van der Waals surface area contributed by atoms with Gasteiger partial charge in [-0.3, -0.25) is 0 Å². The molecule has 1 aromatic rings. The third-order valence-electron chi connectivity index (χ3n) is 2.13. The van der Waals surface area contributed by atoms with Crippen LogP contribution in [0.5, 0.6) is 0 Å². The van der Waals surface area contributed by atoms with E-state index in [1.54, 1.807) is 0 Å². The molecule has 0 saturated carbocycles. The van der Waals surface area contributed by atoms with Gasteiger partial charge in [0.2, 0.25) is 0 Å².